The molecule has 1 N–H and O–H groups in total. The van der Waals surface area contributed by atoms with Crippen molar-refractivity contribution >= 4 is 33.9 Å². The van der Waals surface area contributed by atoms with Crippen molar-refractivity contribution in [3.05, 3.63) is 69.7 Å². The number of nitrogens with one attached hydrogen (secondary N) is 1. The van der Waals surface area contributed by atoms with Crippen LogP contribution in [-0.4, -0.2) is 25.1 Å². The predicted octanol–water partition coefficient (Wildman–Crippen LogP) is 3.65. The average molecular weight is 416 g/mol. The van der Waals surface area contributed by atoms with E-state index in [4.69, 9.17) is 9.47 Å². The molecule has 2 aromatic rings. The molecule has 1 amide bonds. The first-order valence-corrected chi connectivity index (χ1v) is 8.97. The summed E-state index contributed by atoms with van der Waals surface area (Å²) in [5, 5.41) is 2.81. The molecule has 5 nitrogen and oxygen atoms in total. The molecule has 1 heterocycles. The molecule has 0 aromatic heterocycles. The summed E-state index contributed by atoms with van der Waals surface area (Å²) in [7, 11) is 0. The number of halogens is 1. The Kier molecular flexibility index (Phi) is 5.73. The minimum Gasteiger partial charge on any atom is -0.488 e. The molecule has 0 aliphatic carbocycles. The van der Waals surface area contributed by atoms with Gasteiger partial charge in [0.1, 0.15) is 12.4 Å². The molecule has 0 spiro atoms. The van der Waals surface area contributed by atoms with E-state index in [0.717, 1.165) is 21.3 Å². The molecule has 0 fully saturated rings. The maximum atomic E-state index is 12.2. The second-order valence-corrected chi connectivity index (χ2v) is 6.74. The van der Waals surface area contributed by atoms with Crippen LogP contribution in [0.4, 0.5) is 0 Å². The molecule has 1 aliphatic rings. The number of carbonyl (C=O) groups excluding carboxylic acids is 2. The van der Waals surface area contributed by atoms with Gasteiger partial charge < -0.3 is 14.8 Å². The van der Waals surface area contributed by atoms with Gasteiger partial charge in [0.15, 0.2) is 6.61 Å². The molecular formula is C20H18BrNO4. The number of ether oxygens (including phenoxy) is 2. The van der Waals surface area contributed by atoms with Crippen LogP contribution in [0.2, 0.25) is 0 Å². The van der Waals surface area contributed by atoms with Gasteiger partial charge >= 0.3 is 5.97 Å². The zero-order chi connectivity index (χ0) is 18.5. The van der Waals surface area contributed by atoms with Crippen LogP contribution in [0.25, 0.3) is 6.08 Å². The van der Waals surface area contributed by atoms with Gasteiger partial charge in [-0.25, -0.2) is 4.79 Å². The van der Waals surface area contributed by atoms with Crippen LogP contribution < -0.4 is 10.1 Å². The number of carbonyl (C=O) groups is 2. The molecule has 2 aromatic carbocycles. The maximum Gasteiger partial charge on any atom is 0.338 e. The Morgan fingerprint density at radius 3 is 2.73 bits per heavy atom. The van der Waals surface area contributed by atoms with Crippen molar-refractivity contribution in [3.8, 4) is 5.75 Å². The van der Waals surface area contributed by atoms with Gasteiger partial charge in [-0.1, -0.05) is 52.3 Å². The van der Waals surface area contributed by atoms with Crippen LogP contribution in [0.5, 0.6) is 5.75 Å². The van der Waals surface area contributed by atoms with Crippen molar-refractivity contribution in [3.63, 3.8) is 0 Å². The summed E-state index contributed by atoms with van der Waals surface area (Å²) in [5.41, 5.74) is 2.15. The summed E-state index contributed by atoms with van der Waals surface area (Å²) in [6.45, 7) is 1.66. The summed E-state index contributed by atoms with van der Waals surface area (Å²) < 4.78 is 11.5. The monoisotopic (exact) mass is 415 g/mol. The van der Waals surface area contributed by atoms with Crippen molar-refractivity contribution in [1.82, 2.24) is 5.32 Å². The third-order valence-corrected chi connectivity index (χ3v) is 4.70. The van der Waals surface area contributed by atoms with E-state index in [1.165, 1.54) is 0 Å². The highest BCUT2D eigenvalue weighted by Gasteiger charge is 2.20. The fourth-order valence-corrected chi connectivity index (χ4v) is 3.27. The number of esters is 1. The molecule has 6 heteroatoms. The number of para-hydroxylation sites is 1. The number of hydrogen-bond acceptors (Lipinski definition) is 4. The summed E-state index contributed by atoms with van der Waals surface area (Å²) in [4.78, 5) is 24.2. The second-order valence-electron chi connectivity index (χ2n) is 5.88. The van der Waals surface area contributed by atoms with Crippen molar-refractivity contribution in [2.24, 2.45) is 0 Å². The van der Waals surface area contributed by atoms with E-state index in [2.05, 4.69) is 21.2 Å². The highest BCUT2D eigenvalue weighted by atomic mass is 79.9. The normalized spacial score (nSPS) is 13.7. The molecule has 0 radical (unpaired) electrons. The van der Waals surface area contributed by atoms with Crippen LogP contribution in [0.1, 0.15) is 24.1 Å². The molecule has 26 heavy (non-hydrogen) atoms. The van der Waals surface area contributed by atoms with Gasteiger partial charge in [0.05, 0.1) is 11.6 Å². The van der Waals surface area contributed by atoms with Crippen LogP contribution in [0.3, 0.4) is 0 Å². The van der Waals surface area contributed by atoms with Gasteiger partial charge in [0.25, 0.3) is 5.91 Å². The zero-order valence-corrected chi connectivity index (χ0v) is 15.8. The Balaban J connectivity index is 1.54. The molecule has 0 bridgehead atoms. The quantitative estimate of drug-likeness (QED) is 0.756. The number of benzene rings is 2. The third kappa shape index (κ3) is 4.32. The fraction of sp³-hybridized carbons (Fsp3) is 0.200. The van der Waals surface area contributed by atoms with E-state index in [9.17, 15) is 9.59 Å². The van der Waals surface area contributed by atoms with Crippen LogP contribution >= 0.6 is 15.9 Å². The first-order chi connectivity index (χ1) is 12.5. The van der Waals surface area contributed by atoms with Gasteiger partial charge in [-0.05, 0) is 30.7 Å². The van der Waals surface area contributed by atoms with Gasteiger partial charge in [-0.3, -0.25) is 4.79 Å². The number of amides is 1. The van der Waals surface area contributed by atoms with E-state index >= 15 is 0 Å². The fourth-order valence-electron chi connectivity index (χ4n) is 2.64. The lowest BCUT2D eigenvalue weighted by atomic mass is 10.1. The first kappa shape index (κ1) is 18.2. The molecular weight excluding hydrogens is 398 g/mol. The average Bonchev–Trinajstić information content (AvgIpc) is 2.66. The molecule has 1 atom stereocenters. The number of fused-ring (bicyclic) bond motifs is 1. The lowest BCUT2D eigenvalue weighted by Gasteiger charge is -2.18. The Labute approximate surface area is 160 Å². The van der Waals surface area contributed by atoms with Crippen LogP contribution in [0, 0.1) is 0 Å². The van der Waals surface area contributed by atoms with Gasteiger partial charge in [0, 0.05) is 10.0 Å². The lowest BCUT2D eigenvalue weighted by Crippen LogP contribution is -2.32. The predicted molar refractivity (Wildman–Crippen MR) is 102 cm³/mol. The SMILES string of the molecule is C[C@@H](NC(=O)COC(=O)C1=Cc2ccccc2OC1)c1ccccc1Br. The Bertz CT molecular complexity index is 862. The third-order valence-electron chi connectivity index (χ3n) is 3.98. The van der Waals surface area contributed by atoms with E-state index in [0.29, 0.717) is 5.57 Å². The van der Waals surface area contributed by atoms with E-state index in [1.54, 1.807) is 6.08 Å². The van der Waals surface area contributed by atoms with Gasteiger partial charge in [-0.2, -0.15) is 0 Å². The topological polar surface area (TPSA) is 64.6 Å². The molecule has 1 aliphatic heterocycles. The number of rotatable bonds is 5. The highest BCUT2D eigenvalue weighted by molar-refractivity contribution is 9.10. The highest BCUT2D eigenvalue weighted by Crippen LogP contribution is 2.26. The van der Waals surface area contributed by atoms with Crippen molar-refractivity contribution < 1.29 is 19.1 Å². The molecule has 0 saturated heterocycles. The Hall–Kier alpha value is -2.60. The van der Waals surface area contributed by atoms with Crippen molar-refractivity contribution in [2.45, 2.75) is 13.0 Å². The minimum atomic E-state index is -0.553. The van der Waals surface area contributed by atoms with E-state index in [-0.39, 0.29) is 25.2 Å². The Morgan fingerprint density at radius 1 is 1.19 bits per heavy atom. The minimum absolute atomic E-state index is 0.130. The lowest BCUT2D eigenvalue weighted by molar-refractivity contribution is -0.145. The van der Waals surface area contributed by atoms with Crippen molar-refractivity contribution in [2.75, 3.05) is 13.2 Å². The zero-order valence-electron chi connectivity index (χ0n) is 14.2. The van der Waals surface area contributed by atoms with Gasteiger partial charge in [0.2, 0.25) is 0 Å². The van der Waals surface area contributed by atoms with E-state index in [1.807, 2.05) is 55.5 Å². The largest absolute Gasteiger partial charge is 0.488 e. The van der Waals surface area contributed by atoms with Gasteiger partial charge in [-0.15, -0.1) is 0 Å². The summed E-state index contributed by atoms with van der Waals surface area (Å²) in [5.74, 6) is -0.188. The smallest absolute Gasteiger partial charge is 0.338 e. The summed E-state index contributed by atoms with van der Waals surface area (Å²) in [6.07, 6.45) is 1.72. The standard InChI is InChI=1S/C20H18BrNO4/c1-13(16-7-3-4-8-17(16)21)22-19(23)12-26-20(24)15-10-14-6-2-5-9-18(14)25-11-15/h2-10,13H,11-12H2,1H3,(H,22,23)/t13-/m1/s1. The maximum absolute atomic E-state index is 12.2. The first-order valence-electron chi connectivity index (χ1n) is 8.18. The summed E-state index contributed by atoms with van der Waals surface area (Å²) in [6, 6.07) is 14.8. The van der Waals surface area contributed by atoms with Crippen molar-refractivity contribution in [1.29, 1.82) is 0 Å². The summed E-state index contributed by atoms with van der Waals surface area (Å²) >= 11 is 3.46. The second kappa shape index (κ2) is 8.19. The molecule has 0 saturated carbocycles. The number of hydrogen-bond donors (Lipinski definition) is 1. The molecule has 134 valence electrons. The Morgan fingerprint density at radius 2 is 1.92 bits per heavy atom. The van der Waals surface area contributed by atoms with Crippen LogP contribution in [-0.2, 0) is 14.3 Å². The van der Waals surface area contributed by atoms with Crippen LogP contribution in [0.15, 0.2) is 58.6 Å². The molecule has 0 unspecified atom stereocenters. The molecule has 3 rings (SSSR count). The van der Waals surface area contributed by atoms with E-state index < -0.39 is 5.97 Å².